The summed E-state index contributed by atoms with van der Waals surface area (Å²) in [5.74, 6) is 0.458. The quantitative estimate of drug-likeness (QED) is 0.691. The Bertz CT molecular complexity index is 824. The number of hydrogen-bond donors (Lipinski definition) is 0. The van der Waals surface area contributed by atoms with E-state index in [1.54, 1.807) is 22.8 Å². The van der Waals surface area contributed by atoms with Gasteiger partial charge in [-0.05, 0) is 6.07 Å². The lowest BCUT2D eigenvalue weighted by molar-refractivity contribution is 0.408. The molecule has 19 heavy (non-hydrogen) atoms. The first-order valence-electron chi connectivity index (χ1n) is 5.33. The third-order valence-electron chi connectivity index (χ3n) is 2.73. The second-order valence-corrected chi connectivity index (χ2v) is 6.46. The van der Waals surface area contributed by atoms with E-state index in [4.69, 9.17) is 10.7 Å². The predicted octanol–water partition coefficient (Wildman–Crippen LogP) is 2.00. The number of hydrogen-bond acceptors (Lipinski definition) is 5. The Balaban J connectivity index is 2.20. The molecule has 98 valence electrons. The Morgan fingerprint density at radius 1 is 1.32 bits per heavy atom. The molecule has 0 saturated carbocycles. The van der Waals surface area contributed by atoms with Crippen molar-refractivity contribution >= 4 is 30.6 Å². The highest BCUT2D eigenvalue weighted by Gasteiger charge is 2.18. The van der Waals surface area contributed by atoms with Gasteiger partial charge in [-0.2, -0.15) is 4.98 Å². The molecule has 2 aromatic heterocycles. The highest BCUT2D eigenvalue weighted by Crippen LogP contribution is 2.28. The van der Waals surface area contributed by atoms with E-state index >= 15 is 0 Å². The number of halogens is 1. The van der Waals surface area contributed by atoms with Crippen LogP contribution in [0.3, 0.4) is 0 Å². The molecule has 0 N–H and O–H groups in total. The van der Waals surface area contributed by atoms with Crippen LogP contribution >= 0.6 is 10.7 Å². The normalized spacial score (nSPS) is 12.1. The fourth-order valence-corrected chi connectivity index (χ4v) is 3.01. The van der Waals surface area contributed by atoms with Crippen molar-refractivity contribution in [2.24, 2.45) is 0 Å². The Hall–Kier alpha value is -1.86. The Morgan fingerprint density at radius 2 is 2.11 bits per heavy atom. The van der Waals surface area contributed by atoms with E-state index in [9.17, 15) is 8.42 Å². The van der Waals surface area contributed by atoms with Crippen LogP contribution in [0, 0.1) is 0 Å². The van der Waals surface area contributed by atoms with E-state index in [2.05, 4.69) is 14.7 Å². The molecule has 3 rings (SSSR count). The predicted molar refractivity (Wildman–Crippen MR) is 68.4 cm³/mol. The Kier molecular flexibility index (Phi) is 2.79. The number of benzene rings is 1. The standard InChI is InChI=1S/C11H8ClN3O3S/c12-19(16,17)10-5-15(6-11-13-7-18-14-11)9-4-2-1-3-8(9)10/h1-5,7H,6H2. The molecule has 8 heteroatoms. The summed E-state index contributed by atoms with van der Waals surface area (Å²) < 4.78 is 29.5. The van der Waals surface area contributed by atoms with E-state index < -0.39 is 9.05 Å². The van der Waals surface area contributed by atoms with Gasteiger partial charge in [-0.1, -0.05) is 23.4 Å². The summed E-state index contributed by atoms with van der Waals surface area (Å²) in [6, 6.07) is 7.09. The first-order valence-corrected chi connectivity index (χ1v) is 7.64. The molecule has 6 nitrogen and oxygen atoms in total. The molecule has 0 aliphatic heterocycles. The molecule has 0 spiro atoms. The van der Waals surface area contributed by atoms with Gasteiger partial charge in [0.05, 0.1) is 6.54 Å². The van der Waals surface area contributed by atoms with Crippen LogP contribution in [-0.2, 0) is 15.6 Å². The Labute approximate surface area is 113 Å². The van der Waals surface area contributed by atoms with Gasteiger partial charge in [0.25, 0.3) is 9.05 Å². The van der Waals surface area contributed by atoms with Crippen LogP contribution in [0.2, 0.25) is 0 Å². The molecule has 0 saturated heterocycles. The third kappa shape index (κ3) is 2.22. The van der Waals surface area contributed by atoms with Crippen LogP contribution in [0.5, 0.6) is 0 Å². The average Bonchev–Trinajstić information content (AvgIpc) is 2.97. The van der Waals surface area contributed by atoms with Gasteiger partial charge in [-0.3, -0.25) is 0 Å². The molecule has 0 radical (unpaired) electrons. The molecule has 0 fully saturated rings. The number of rotatable bonds is 3. The second kappa shape index (κ2) is 4.36. The van der Waals surface area contributed by atoms with Crippen molar-refractivity contribution in [1.29, 1.82) is 0 Å². The van der Waals surface area contributed by atoms with Gasteiger partial charge < -0.3 is 9.09 Å². The minimum atomic E-state index is -3.80. The van der Waals surface area contributed by atoms with Crippen molar-refractivity contribution in [1.82, 2.24) is 14.7 Å². The summed E-state index contributed by atoms with van der Waals surface area (Å²) in [5, 5.41) is 4.27. The number of aromatic nitrogens is 3. The van der Waals surface area contributed by atoms with Gasteiger partial charge in [0.15, 0.2) is 5.82 Å². The van der Waals surface area contributed by atoms with Gasteiger partial charge in [0, 0.05) is 27.8 Å². The van der Waals surface area contributed by atoms with E-state index in [1.807, 2.05) is 6.07 Å². The van der Waals surface area contributed by atoms with Crippen LogP contribution in [-0.4, -0.2) is 23.1 Å². The molecule has 0 aliphatic carbocycles. The lowest BCUT2D eigenvalue weighted by Gasteiger charge is -2.00. The van der Waals surface area contributed by atoms with Crippen molar-refractivity contribution in [3.8, 4) is 0 Å². The highest BCUT2D eigenvalue weighted by atomic mass is 35.7. The smallest absolute Gasteiger partial charge is 0.263 e. The van der Waals surface area contributed by atoms with E-state index in [0.717, 1.165) is 5.52 Å². The highest BCUT2D eigenvalue weighted by molar-refractivity contribution is 8.14. The third-order valence-corrected chi connectivity index (χ3v) is 4.08. The van der Waals surface area contributed by atoms with Crippen LogP contribution in [0.1, 0.15) is 5.82 Å². The van der Waals surface area contributed by atoms with E-state index in [0.29, 0.717) is 17.8 Å². The zero-order chi connectivity index (χ0) is 13.5. The van der Waals surface area contributed by atoms with Crippen molar-refractivity contribution in [2.45, 2.75) is 11.4 Å². The lowest BCUT2D eigenvalue weighted by Crippen LogP contribution is -1.99. The van der Waals surface area contributed by atoms with E-state index in [-0.39, 0.29) is 4.90 Å². The number of para-hydroxylation sites is 1. The number of nitrogens with zero attached hydrogens (tertiary/aromatic N) is 3. The Morgan fingerprint density at radius 3 is 2.79 bits per heavy atom. The summed E-state index contributed by atoms with van der Waals surface area (Å²) in [4.78, 5) is 3.99. The SMILES string of the molecule is O=S(=O)(Cl)c1cn(Cc2ncon2)c2ccccc12. The van der Waals surface area contributed by atoms with Gasteiger partial charge in [-0.25, -0.2) is 8.42 Å². The molecule has 0 unspecified atom stereocenters. The zero-order valence-electron chi connectivity index (χ0n) is 9.52. The maximum atomic E-state index is 11.6. The molecule has 0 atom stereocenters. The fourth-order valence-electron chi connectivity index (χ4n) is 1.95. The maximum Gasteiger partial charge on any atom is 0.263 e. The van der Waals surface area contributed by atoms with Gasteiger partial charge in [-0.15, -0.1) is 0 Å². The fraction of sp³-hybridized carbons (Fsp3) is 0.0909. The molecule has 0 bridgehead atoms. The average molecular weight is 298 g/mol. The van der Waals surface area contributed by atoms with Gasteiger partial charge in [0.1, 0.15) is 4.90 Å². The van der Waals surface area contributed by atoms with Crippen molar-refractivity contribution in [3.05, 3.63) is 42.7 Å². The summed E-state index contributed by atoms with van der Waals surface area (Å²) in [6.45, 7) is 0.309. The first-order chi connectivity index (χ1) is 9.05. The summed E-state index contributed by atoms with van der Waals surface area (Å²) in [5.41, 5.74) is 0.742. The van der Waals surface area contributed by atoms with Crippen LogP contribution < -0.4 is 0 Å². The van der Waals surface area contributed by atoms with Crippen molar-refractivity contribution < 1.29 is 12.9 Å². The molecule has 2 heterocycles. The zero-order valence-corrected chi connectivity index (χ0v) is 11.1. The summed E-state index contributed by atoms with van der Waals surface area (Å²) in [6.07, 6.45) is 2.70. The van der Waals surface area contributed by atoms with Crippen LogP contribution in [0.15, 0.2) is 46.3 Å². The molecular weight excluding hydrogens is 290 g/mol. The minimum Gasteiger partial charge on any atom is -0.343 e. The summed E-state index contributed by atoms with van der Waals surface area (Å²) >= 11 is 0. The van der Waals surface area contributed by atoms with E-state index in [1.165, 1.54) is 12.6 Å². The molecule has 1 aromatic carbocycles. The first kappa shape index (κ1) is 12.2. The molecule has 0 amide bonds. The molecule has 0 aliphatic rings. The maximum absolute atomic E-state index is 11.6. The van der Waals surface area contributed by atoms with Crippen molar-refractivity contribution in [2.75, 3.05) is 0 Å². The summed E-state index contributed by atoms with van der Waals surface area (Å²) in [7, 11) is 1.64. The molecular formula is C11H8ClN3O3S. The lowest BCUT2D eigenvalue weighted by atomic mass is 10.2. The topological polar surface area (TPSA) is 78.0 Å². The number of fused-ring (bicyclic) bond motifs is 1. The second-order valence-electron chi connectivity index (χ2n) is 3.92. The monoisotopic (exact) mass is 297 g/mol. The van der Waals surface area contributed by atoms with Crippen molar-refractivity contribution in [3.63, 3.8) is 0 Å². The van der Waals surface area contributed by atoms with Crippen LogP contribution in [0.25, 0.3) is 10.9 Å². The minimum absolute atomic E-state index is 0.0771. The largest absolute Gasteiger partial charge is 0.343 e. The van der Waals surface area contributed by atoms with Crippen LogP contribution in [0.4, 0.5) is 0 Å². The van der Waals surface area contributed by atoms with Gasteiger partial charge in [0.2, 0.25) is 6.39 Å². The molecule has 3 aromatic rings. The van der Waals surface area contributed by atoms with Gasteiger partial charge >= 0.3 is 0 Å².